The van der Waals surface area contributed by atoms with Crippen molar-refractivity contribution >= 4 is 46.9 Å². The summed E-state index contributed by atoms with van der Waals surface area (Å²) in [5.41, 5.74) is 4.54. The molecule has 0 bridgehead atoms. The average Bonchev–Trinajstić information content (AvgIpc) is 2.75. The van der Waals surface area contributed by atoms with Gasteiger partial charge in [-0.1, -0.05) is 17.7 Å². The number of urea groups is 2. The largest absolute Gasteiger partial charge is 0.351 e. The smallest absolute Gasteiger partial charge is 0.326 e. The van der Waals surface area contributed by atoms with Gasteiger partial charge in [0.2, 0.25) is 0 Å². The maximum Gasteiger partial charge on any atom is 0.326 e. The molecule has 12 heteroatoms. The lowest BCUT2D eigenvalue weighted by Crippen LogP contribution is -2.41. The van der Waals surface area contributed by atoms with Crippen LogP contribution >= 0.6 is 11.6 Å². The lowest BCUT2D eigenvalue weighted by molar-refractivity contribution is 0.0956. The third kappa shape index (κ3) is 5.28. The van der Waals surface area contributed by atoms with Crippen molar-refractivity contribution in [3.63, 3.8) is 0 Å². The van der Waals surface area contributed by atoms with Crippen LogP contribution in [0.2, 0.25) is 5.15 Å². The maximum absolute atomic E-state index is 13.7. The summed E-state index contributed by atoms with van der Waals surface area (Å²) in [6.07, 6.45) is 1.37. The number of nitrogens with one attached hydrogen (secondary N) is 2. The number of carbonyl (C=O) groups is 4. The van der Waals surface area contributed by atoms with E-state index in [1.807, 2.05) is 0 Å². The maximum atomic E-state index is 13.7. The Morgan fingerprint density at radius 3 is 2.15 bits per heavy atom. The minimum absolute atomic E-state index is 0.0165. The van der Waals surface area contributed by atoms with Crippen molar-refractivity contribution in [2.45, 2.75) is 0 Å². The van der Waals surface area contributed by atoms with E-state index in [4.69, 9.17) is 17.3 Å². The average molecular weight is 474 g/mol. The summed E-state index contributed by atoms with van der Waals surface area (Å²) < 4.78 is 27.3. The fraction of sp³-hybridized carbons (Fsp3) is 0. The van der Waals surface area contributed by atoms with Crippen molar-refractivity contribution < 1.29 is 28.0 Å². The standard InChI is InChI=1S/C21H14ClF2N5O4/c22-17-15(5-2-10-26-17)29(20(25)32)19(31)11-6-8-12(9-7-11)27-21(33)28-18(30)16-13(23)3-1-4-14(16)24/h1-10H,(H2,25,32)(H2,27,28,30,33). The number of nitrogens with zero attached hydrogens (tertiary/aromatic N) is 2. The Kier molecular flexibility index (Phi) is 6.94. The number of nitrogens with two attached hydrogens (primary N) is 1. The van der Waals surface area contributed by atoms with Gasteiger partial charge in [-0.2, -0.15) is 0 Å². The Hall–Kier alpha value is -4.38. The fourth-order valence-electron chi connectivity index (χ4n) is 2.74. The third-order valence-electron chi connectivity index (χ3n) is 4.21. The van der Waals surface area contributed by atoms with Gasteiger partial charge in [-0.3, -0.25) is 14.9 Å². The van der Waals surface area contributed by atoms with Crippen molar-refractivity contribution in [3.8, 4) is 0 Å². The van der Waals surface area contributed by atoms with Crippen LogP contribution in [0.4, 0.5) is 29.7 Å². The van der Waals surface area contributed by atoms with Gasteiger partial charge in [0.1, 0.15) is 17.2 Å². The lowest BCUT2D eigenvalue weighted by Gasteiger charge is -2.19. The number of benzene rings is 2. The zero-order chi connectivity index (χ0) is 24.1. The number of aromatic nitrogens is 1. The number of rotatable bonds is 4. The van der Waals surface area contributed by atoms with E-state index in [0.29, 0.717) is 4.90 Å². The third-order valence-corrected chi connectivity index (χ3v) is 4.50. The molecule has 0 spiro atoms. The first-order valence-corrected chi connectivity index (χ1v) is 9.47. The molecule has 0 aliphatic rings. The van der Waals surface area contributed by atoms with Crippen LogP contribution in [0.15, 0.2) is 60.8 Å². The van der Waals surface area contributed by atoms with Crippen LogP contribution in [0.25, 0.3) is 0 Å². The Balaban J connectivity index is 1.71. The first-order valence-electron chi connectivity index (χ1n) is 9.10. The topological polar surface area (TPSA) is 134 Å². The molecule has 3 aromatic rings. The van der Waals surface area contributed by atoms with E-state index in [1.165, 1.54) is 42.6 Å². The Morgan fingerprint density at radius 2 is 1.58 bits per heavy atom. The summed E-state index contributed by atoms with van der Waals surface area (Å²) >= 11 is 5.94. The highest BCUT2D eigenvalue weighted by Gasteiger charge is 2.25. The monoisotopic (exact) mass is 473 g/mol. The van der Waals surface area contributed by atoms with E-state index >= 15 is 0 Å². The first kappa shape index (κ1) is 23.3. The SMILES string of the molecule is NC(=O)N(C(=O)c1ccc(NC(=O)NC(=O)c2c(F)cccc2F)cc1)c1cccnc1Cl. The molecule has 2 aromatic carbocycles. The molecule has 6 amide bonds. The van der Waals surface area contributed by atoms with Gasteiger partial charge in [-0.25, -0.2) is 28.3 Å². The van der Waals surface area contributed by atoms with E-state index in [-0.39, 0.29) is 22.1 Å². The zero-order valence-corrected chi connectivity index (χ0v) is 17.3. The van der Waals surface area contributed by atoms with Crippen molar-refractivity contribution in [2.75, 3.05) is 10.2 Å². The predicted molar refractivity (Wildman–Crippen MR) is 115 cm³/mol. The summed E-state index contributed by atoms with van der Waals surface area (Å²) in [6, 6.07) is 8.66. The summed E-state index contributed by atoms with van der Waals surface area (Å²) in [7, 11) is 0. The normalized spacial score (nSPS) is 10.3. The molecular weight excluding hydrogens is 460 g/mol. The Labute approximate surface area is 190 Å². The van der Waals surface area contributed by atoms with E-state index in [9.17, 15) is 28.0 Å². The molecule has 33 heavy (non-hydrogen) atoms. The highest BCUT2D eigenvalue weighted by Crippen LogP contribution is 2.25. The van der Waals surface area contributed by atoms with Gasteiger partial charge in [0.15, 0.2) is 5.15 Å². The Bertz CT molecular complexity index is 1230. The van der Waals surface area contributed by atoms with Crippen LogP contribution in [0.3, 0.4) is 0 Å². The first-order chi connectivity index (χ1) is 15.7. The molecular formula is C21H14ClF2N5O4. The molecule has 3 rings (SSSR count). The quantitative estimate of drug-likeness (QED) is 0.496. The lowest BCUT2D eigenvalue weighted by atomic mass is 10.1. The van der Waals surface area contributed by atoms with Crippen LogP contribution in [0.5, 0.6) is 0 Å². The summed E-state index contributed by atoms with van der Waals surface area (Å²) in [6.45, 7) is 0. The summed E-state index contributed by atoms with van der Waals surface area (Å²) in [5.74, 6) is -4.34. The van der Waals surface area contributed by atoms with Gasteiger partial charge >= 0.3 is 12.1 Å². The molecule has 1 heterocycles. The van der Waals surface area contributed by atoms with E-state index in [0.717, 1.165) is 18.2 Å². The second-order valence-corrected chi connectivity index (χ2v) is 6.73. The van der Waals surface area contributed by atoms with E-state index in [1.54, 1.807) is 5.32 Å². The number of carbonyl (C=O) groups excluding carboxylic acids is 4. The van der Waals surface area contributed by atoms with Crippen molar-refractivity contribution in [2.24, 2.45) is 5.73 Å². The van der Waals surface area contributed by atoms with Gasteiger partial charge in [-0.15, -0.1) is 0 Å². The predicted octanol–water partition coefficient (Wildman–Crippen LogP) is 3.70. The molecule has 0 atom stereocenters. The van der Waals surface area contributed by atoms with Gasteiger partial charge in [-0.05, 0) is 48.5 Å². The minimum atomic E-state index is -1.28. The number of imide groups is 2. The second-order valence-electron chi connectivity index (χ2n) is 6.37. The summed E-state index contributed by atoms with van der Waals surface area (Å²) in [5, 5.41) is 3.96. The van der Waals surface area contributed by atoms with Gasteiger partial charge in [0, 0.05) is 17.4 Å². The molecule has 4 N–H and O–H groups in total. The molecule has 1 aromatic heterocycles. The van der Waals surface area contributed by atoms with Gasteiger partial charge < -0.3 is 11.1 Å². The number of halogens is 3. The zero-order valence-electron chi connectivity index (χ0n) is 16.5. The fourth-order valence-corrected chi connectivity index (χ4v) is 2.94. The van der Waals surface area contributed by atoms with Crippen LogP contribution < -0.4 is 21.3 Å². The van der Waals surface area contributed by atoms with Gasteiger partial charge in [0.05, 0.1) is 5.69 Å². The molecule has 0 saturated carbocycles. The van der Waals surface area contributed by atoms with Gasteiger partial charge in [0.25, 0.3) is 11.8 Å². The highest BCUT2D eigenvalue weighted by molar-refractivity contribution is 6.34. The number of hydrogen-bond acceptors (Lipinski definition) is 5. The van der Waals surface area contributed by atoms with E-state index < -0.39 is 41.1 Å². The molecule has 0 aliphatic heterocycles. The van der Waals surface area contributed by atoms with E-state index in [2.05, 4.69) is 10.3 Å². The molecule has 0 aliphatic carbocycles. The highest BCUT2D eigenvalue weighted by atomic mass is 35.5. The molecule has 0 saturated heterocycles. The molecule has 0 unspecified atom stereocenters. The molecule has 0 radical (unpaired) electrons. The molecule has 0 fully saturated rings. The Morgan fingerprint density at radius 1 is 0.939 bits per heavy atom. The number of anilines is 2. The number of amides is 6. The van der Waals surface area contributed by atoms with Crippen molar-refractivity contribution in [3.05, 3.63) is 88.7 Å². The van der Waals surface area contributed by atoms with Crippen molar-refractivity contribution in [1.29, 1.82) is 0 Å². The van der Waals surface area contributed by atoms with Crippen LogP contribution in [-0.2, 0) is 0 Å². The van der Waals surface area contributed by atoms with Crippen LogP contribution in [-0.4, -0.2) is 28.9 Å². The van der Waals surface area contributed by atoms with Crippen LogP contribution in [0, 0.1) is 11.6 Å². The number of pyridine rings is 1. The molecule has 168 valence electrons. The summed E-state index contributed by atoms with van der Waals surface area (Å²) in [4.78, 5) is 53.0. The van der Waals surface area contributed by atoms with Crippen LogP contribution in [0.1, 0.15) is 20.7 Å². The number of hydrogen-bond donors (Lipinski definition) is 3. The second kappa shape index (κ2) is 9.83. The minimum Gasteiger partial charge on any atom is -0.351 e. The van der Waals surface area contributed by atoms with Crippen molar-refractivity contribution in [1.82, 2.24) is 10.3 Å². The number of primary amides is 1. The molecule has 9 nitrogen and oxygen atoms in total.